The van der Waals surface area contributed by atoms with Crippen LogP contribution in [0, 0.1) is 0 Å². The van der Waals surface area contributed by atoms with Crippen LogP contribution in [0.3, 0.4) is 0 Å². The molecule has 2 heterocycles. The Labute approximate surface area is 143 Å². The summed E-state index contributed by atoms with van der Waals surface area (Å²) >= 11 is 0. The Morgan fingerprint density at radius 2 is 2.04 bits per heavy atom. The molecule has 1 amide bonds. The Kier molecular flexibility index (Phi) is 4.71. The Bertz CT molecular complexity index is 688. The molecule has 0 spiro atoms. The number of amides is 1. The molecule has 1 aromatic carbocycles. The number of benzene rings is 1. The smallest absolute Gasteiger partial charge is 0.221 e. The molecule has 0 bridgehead atoms. The predicted octanol–water partition coefficient (Wildman–Crippen LogP) is 3.04. The number of aromatic nitrogens is 1. The van der Waals surface area contributed by atoms with Gasteiger partial charge in [0.05, 0.1) is 12.7 Å². The van der Waals surface area contributed by atoms with Gasteiger partial charge >= 0.3 is 0 Å². The fourth-order valence-electron chi connectivity index (χ4n) is 2.97. The van der Waals surface area contributed by atoms with Crippen molar-refractivity contribution in [2.24, 2.45) is 0 Å². The van der Waals surface area contributed by atoms with Crippen molar-refractivity contribution >= 4 is 5.91 Å². The van der Waals surface area contributed by atoms with Crippen molar-refractivity contribution in [3.05, 3.63) is 53.7 Å². The molecule has 1 unspecified atom stereocenters. The van der Waals surface area contributed by atoms with Crippen LogP contribution in [0.1, 0.15) is 50.4 Å². The van der Waals surface area contributed by atoms with Crippen molar-refractivity contribution in [3.8, 4) is 0 Å². The first kappa shape index (κ1) is 16.7. The minimum absolute atomic E-state index is 0.0405. The van der Waals surface area contributed by atoms with Gasteiger partial charge in [0.1, 0.15) is 5.76 Å². The van der Waals surface area contributed by atoms with Gasteiger partial charge in [-0.1, -0.05) is 51.1 Å². The number of carbonyl (C=O) groups excluding carboxylic acids is 1. The van der Waals surface area contributed by atoms with Crippen molar-refractivity contribution in [3.63, 3.8) is 0 Å². The van der Waals surface area contributed by atoms with Gasteiger partial charge in [-0.15, -0.1) is 0 Å². The van der Waals surface area contributed by atoms with E-state index in [9.17, 15) is 4.79 Å². The number of nitrogens with zero attached hydrogens (tertiary/aromatic N) is 2. The summed E-state index contributed by atoms with van der Waals surface area (Å²) in [5, 5.41) is 2.96. The van der Waals surface area contributed by atoms with Gasteiger partial charge in [0.2, 0.25) is 11.8 Å². The summed E-state index contributed by atoms with van der Waals surface area (Å²) < 4.78 is 5.94. The summed E-state index contributed by atoms with van der Waals surface area (Å²) in [5.41, 5.74) is 1.09. The van der Waals surface area contributed by atoms with E-state index in [0.29, 0.717) is 25.4 Å². The predicted molar refractivity (Wildman–Crippen MR) is 92.4 cm³/mol. The maximum absolute atomic E-state index is 12.0. The summed E-state index contributed by atoms with van der Waals surface area (Å²) in [6.45, 7) is 8.36. The largest absolute Gasteiger partial charge is 0.444 e. The van der Waals surface area contributed by atoms with E-state index in [4.69, 9.17) is 4.42 Å². The maximum atomic E-state index is 12.0. The fourth-order valence-corrected chi connectivity index (χ4v) is 2.97. The van der Waals surface area contributed by atoms with Gasteiger partial charge in [-0.3, -0.25) is 9.69 Å². The molecule has 1 N–H and O–H groups in total. The van der Waals surface area contributed by atoms with Crippen molar-refractivity contribution in [2.75, 3.05) is 13.1 Å². The standard InChI is InChI=1S/C19H25N3O2/c1-19(2,3)16-12-21-18(24-16)13-22-10-9-20-17(23)11-15(22)14-7-5-4-6-8-14/h4-8,12,15H,9-11,13H2,1-3H3,(H,20,23). The first-order valence-electron chi connectivity index (χ1n) is 8.44. The molecule has 24 heavy (non-hydrogen) atoms. The Balaban J connectivity index is 1.83. The van der Waals surface area contributed by atoms with Crippen molar-refractivity contribution < 1.29 is 9.21 Å². The zero-order chi connectivity index (χ0) is 17.2. The van der Waals surface area contributed by atoms with Crippen LogP contribution in [0.25, 0.3) is 0 Å². The van der Waals surface area contributed by atoms with Gasteiger partial charge in [-0.2, -0.15) is 0 Å². The highest BCUT2D eigenvalue weighted by atomic mass is 16.4. The zero-order valence-corrected chi connectivity index (χ0v) is 14.6. The van der Waals surface area contributed by atoms with Gasteiger partial charge in [0.25, 0.3) is 0 Å². The van der Waals surface area contributed by atoms with Crippen LogP contribution in [0.2, 0.25) is 0 Å². The molecule has 0 radical (unpaired) electrons. The maximum Gasteiger partial charge on any atom is 0.221 e. The van der Waals surface area contributed by atoms with E-state index in [1.165, 1.54) is 0 Å². The minimum Gasteiger partial charge on any atom is -0.444 e. The highest BCUT2D eigenvalue weighted by Crippen LogP contribution is 2.28. The Hall–Kier alpha value is -2.14. The number of nitrogens with one attached hydrogen (secondary N) is 1. The zero-order valence-electron chi connectivity index (χ0n) is 14.6. The SMILES string of the molecule is CC(C)(C)c1cnc(CN2CCNC(=O)CC2c2ccccc2)o1. The van der Waals surface area contributed by atoms with Crippen LogP contribution in [-0.4, -0.2) is 28.9 Å². The normalized spacial score (nSPS) is 19.8. The Morgan fingerprint density at radius 3 is 2.71 bits per heavy atom. The monoisotopic (exact) mass is 327 g/mol. The van der Waals surface area contributed by atoms with E-state index < -0.39 is 0 Å². The minimum atomic E-state index is -0.0552. The van der Waals surface area contributed by atoms with E-state index in [1.54, 1.807) is 0 Å². The van der Waals surface area contributed by atoms with Crippen LogP contribution in [0.4, 0.5) is 0 Å². The van der Waals surface area contributed by atoms with Gasteiger partial charge < -0.3 is 9.73 Å². The molecule has 0 aliphatic carbocycles. The molecule has 3 rings (SSSR count). The Morgan fingerprint density at radius 1 is 1.29 bits per heavy atom. The third-order valence-corrected chi connectivity index (χ3v) is 4.36. The van der Waals surface area contributed by atoms with Gasteiger partial charge in [0.15, 0.2) is 0 Å². The molecule has 5 heteroatoms. The quantitative estimate of drug-likeness (QED) is 0.941. The lowest BCUT2D eigenvalue weighted by atomic mass is 9.94. The molecule has 0 saturated carbocycles. The second-order valence-corrected chi connectivity index (χ2v) is 7.32. The van der Waals surface area contributed by atoms with Crippen LogP contribution in [0.5, 0.6) is 0 Å². The first-order valence-corrected chi connectivity index (χ1v) is 8.44. The molecule has 1 atom stereocenters. The molecule has 5 nitrogen and oxygen atoms in total. The summed E-state index contributed by atoms with van der Waals surface area (Å²) in [4.78, 5) is 18.7. The average molecular weight is 327 g/mol. The van der Waals surface area contributed by atoms with E-state index >= 15 is 0 Å². The molecule has 1 saturated heterocycles. The molecule has 1 aromatic heterocycles. The highest BCUT2D eigenvalue weighted by Gasteiger charge is 2.28. The van der Waals surface area contributed by atoms with Crippen LogP contribution < -0.4 is 5.32 Å². The van der Waals surface area contributed by atoms with E-state index in [0.717, 1.165) is 17.9 Å². The second kappa shape index (κ2) is 6.77. The lowest BCUT2D eigenvalue weighted by molar-refractivity contribution is -0.121. The number of hydrogen-bond acceptors (Lipinski definition) is 4. The summed E-state index contributed by atoms with van der Waals surface area (Å²) in [6, 6.07) is 10.2. The third-order valence-electron chi connectivity index (χ3n) is 4.36. The van der Waals surface area contributed by atoms with Crippen molar-refractivity contribution in [1.82, 2.24) is 15.2 Å². The fraction of sp³-hybridized carbons (Fsp3) is 0.474. The van der Waals surface area contributed by atoms with E-state index in [-0.39, 0.29) is 17.4 Å². The molecular weight excluding hydrogens is 302 g/mol. The van der Waals surface area contributed by atoms with Crippen molar-refractivity contribution in [1.29, 1.82) is 0 Å². The molecule has 2 aromatic rings. The topological polar surface area (TPSA) is 58.4 Å². The summed E-state index contributed by atoms with van der Waals surface area (Å²) in [6.07, 6.45) is 2.27. The number of hydrogen-bond donors (Lipinski definition) is 1. The number of rotatable bonds is 3. The second-order valence-electron chi connectivity index (χ2n) is 7.32. The third kappa shape index (κ3) is 3.85. The lowest BCUT2D eigenvalue weighted by Crippen LogP contribution is -2.30. The van der Waals surface area contributed by atoms with Crippen LogP contribution in [0.15, 0.2) is 40.9 Å². The molecule has 1 aliphatic rings. The highest BCUT2D eigenvalue weighted by molar-refractivity contribution is 5.77. The van der Waals surface area contributed by atoms with Gasteiger partial charge in [0, 0.05) is 31.0 Å². The molecule has 1 aliphatic heterocycles. The molecule has 128 valence electrons. The summed E-state index contributed by atoms with van der Waals surface area (Å²) in [5.74, 6) is 1.68. The number of carbonyl (C=O) groups is 1. The van der Waals surface area contributed by atoms with Gasteiger partial charge in [-0.05, 0) is 5.56 Å². The number of oxazole rings is 1. The van der Waals surface area contributed by atoms with E-state index in [2.05, 4.69) is 48.1 Å². The van der Waals surface area contributed by atoms with Crippen LogP contribution in [-0.2, 0) is 16.8 Å². The van der Waals surface area contributed by atoms with Crippen LogP contribution >= 0.6 is 0 Å². The van der Waals surface area contributed by atoms with Crippen molar-refractivity contribution in [2.45, 2.75) is 45.2 Å². The van der Waals surface area contributed by atoms with E-state index in [1.807, 2.05) is 24.4 Å². The first-order chi connectivity index (χ1) is 11.4. The molecular formula is C19H25N3O2. The summed E-state index contributed by atoms with van der Waals surface area (Å²) in [7, 11) is 0. The lowest BCUT2D eigenvalue weighted by Gasteiger charge is -2.28. The average Bonchev–Trinajstić information content (AvgIpc) is 2.94. The van der Waals surface area contributed by atoms with Gasteiger partial charge in [-0.25, -0.2) is 4.98 Å². The molecule has 1 fully saturated rings.